The number of nitrogens with zero attached hydrogens (tertiary/aromatic N) is 1. The maximum absolute atomic E-state index is 12.9. The zero-order valence-corrected chi connectivity index (χ0v) is 19.1. The van der Waals surface area contributed by atoms with Crippen LogP contribution in [0.3, 0.4) is 0 Å². The molecule has 0 saturated heterocycles. The highest BCUT2D eigenvalue weighted by molar-refractivity contribution is 14.1. The van der Waals surface area contributed by atoms with Gasteiger partial charge in [-0.1, -0.05) is 6.07 Å². The van der Waals surface area contributed by atoms with Gasteiger partial charge in [0.15, 0.2) is 9.84 Å². The third kappa shape index (κ3) is 5.22. The maximum atomic E-state index is 12.9. The Morgan fingerprint density at radius 1 is 1.00 bits per heavy atom. The number of halogens is 1. The minimum Gasteiger partial charge on any atom is -0.326 e. The van der Waals surface area contributed by atoms with Gasteiger partial charge in [-0.15, -0.1) is 0 Å². The van der Waals surface area contributed by atoms with Gasteiger partial charge in [-0.05, 0) is 71.1 Å². The minimum absolute atomic E-state index is 0.00880. The third-order valence-electron chi connectivity index (χ3n) is 4.14. The number of hydrogen-bond acceptors (Lipinski definition) is 5. The Balaban J connectivity index is 1.95. The number of anilines is 2. The van der Waals surface area contributed by atoms with Crippen LogP contribution < -0.4 is 10.6 Å². The zero-order chi connectivity index (χ0) is 21.9. The summed E-state index contributed by atoms with van der Waals surface area (Å²) < 4.78 is 24.6. The van der Waals surface area contributed by atoms with Crippen LogP contribution in [0.4, 0.5) is 11.4 Å². The molecule has 3 aromatic rings. The Bertz CT molecular complexity index is 1230. The fourth-order valence-electron chi connectivity index (χ4n) is 2.76. The molecule has 0 saturated carbocycles. The zero-order valence-electron chi connectivity index (χ0n) is 16.1. The van der Waals surface area contributed by atoms with Gasteiger partial charge in [0.1, 0.15) is 0 Å². The fourth-order valence-corrected chi connectivity index (χ4v) is 4.02. The summed E-state index contributed by atoms with van der Waals surface area (Å²) in [6.45, 7) is 1.28. The largest absolute Gasteiger partial charge is 0.326 e. The summed E-state index contributed by atoms with van der Waals surface area (Å²) in [5, 5.41) is 5.32. The molecule has 30 heavy (non-hydrogen) atoms. The maximum Gasteiger partial charge on any atom is 0.257 e. The molecule has 0 aliphatic carbocycles. The average Bonchev–Trinajstić information content (AvgIpc) is 2.69. The Morgan fingerprint density at radius 3 is 2.40 bits per heavy atom. The number of carbonyl (C=O) groups is 2. The standard InChI is InChI=1S/C21H18IN3O4S/c1-13(26)24-20-12-15(30(2,28)29)7-8-16(20)21(27)25-14-6-9-18(22)17(11-14)19-5-3-4-10-23-19/h3-12H,1-2H3,(H,24,26)(H,25,27). The molecule has 1 heterocycles. The summed E-state index contributed by atoms with van der Waals surface area (Å²) in [6, 6.07) is 15.0. The first kappa shape index (κ1) is 21.9. The SMILES string of the molecule is CC(=O)Nc1cc(S(C)(=O)=O)ccc1C(=O)Nc1ccc(I)c(-c2ccccn2)c1. The van der Waals surface area contributed by atoms with Crippen molar-refractivity contribution in [3.05, 3.63) is 69.9 Å². The van der Waals surface area contributed by atoms with E-state index in [-0.39, 0.29) is 16.1 Å². The summed E-state index contributed by atoms with van der Waals surface area (Å²) in [5.41, 5.74) is 2.45. The van der Waals surface area contributed by atoms with Gasteiger partial charge in [0.05, 0.1) is 21.8 Å². The first-order valence-corrected chi connectivity index (χ1v) is 11.8. The molecule has 3 rings (SSSR count). The van der Waals surface area contributed by atoms with Crippen molar-refractivity contribution < 1.29 is 18.0 Å². The lowest BCUT2D eigenvalue weighted by molar-refractivity contribution is -0.114. The number of sulfone groups is 1. The average molecular weight is 535 g/mol. The predicted octanol–water partition coefficient (Wildman–Crippen LogP) is 3.97. The van der Waals surface area contributed by atoms with E-state index in [4.69, 9.17) is 0 Å². The predicted molar refractivity (Wildman–Crippen MR) is 124 cm³/mol. The number of aromatic nitrogens is 1. The molecule has 0 aliphatic rings. The van der Waals surface area contributed by atoms with E-state index in [0.717, 1.165) is 21.1 Å². The van der Waals surface area contributed by atoms with Crippen molar-refractivity contribution in [3.8, 4) is 11.3 Å². The molecule has 0 radical (unpaired) electrons. The molecule has 0 spiro atoms. The van der Waals surface area contributed by atoms with Crippen LogP contribution in [0.2, 0.25) is 0 Å². The number of nitrogens with one attached hydrogen (secondary N) is 2. The first-order valence-electron chi connectivity index (χ1n) is 8.79. The number of amides is 2. The van der Waals surface area contributed by atoms with Crippen molar-refractivity contribution in [2.45, 2.75) is 11.8 Å². The van der Waals surface area contributed by atoms with Gasteiger partial charge >= 0.3 is 0 Å². The van der Waals surface area contributed by atoms with Gasteiger partial charge in [-0.25, -0.2) is 8.42 Å². The van der Waals surface area contributed by atoms with Crippen molar-refractivity contribution in [3.63, 3.8) is 0 Å². The quantitative estimate of drug-likeness (QED) is 0.482. The summed E-state index contributed by atoms with van der Waals surface area (Å²) in [5.74, 6) is -0.895. The van der Waals surface area contributed by atoms with E-state index in [0.29, 0.717) is 5.69 Å². The lowest BCUT2D eigenvalue weighted by atomic mass is 10.1. The topological polar surface area (TPSA) is 105 Å². The van der Waals surface area contributed by atoms with E-state index in [1.807, 2.05) is 30.3 Å². The van der Waals surface area contributed by atoms with E-state index in [2.05, 4.69) is 38.2 Å². The molecule has 2 N–H and O–H groups in total. The molecule has 0 aliphatic heterocycles. The highest BCUT2D eigenvalue weighted by Gasteiger charge is 2.17. The van der Waals surface area contributed by atoms with Gasteiger partial charge in [0, 0.05) is 34.2 Å². The van der Waals surface area contributed by atoms with Crippen LogP contribution >= 0.6 is 22.6 Å². The third-order valence-corrected chi connectivity index (χ3v) is 6.19. The second-order valence-electron chi connectivity index (χ2n) is 6.52. The van der Waals surface area contributed by atoms with E-state index >= 15 is 0 Å². The van der Waals surface area contributed by atoms with E-state index in [1.54, 1.807) is 12.3 Å². The van der Waals surface area contributed by atoms with Crippen LogP contribution in [0.5, 0.6) is 0 Å². The van der Waals surface area contributed by atoms with E-state index in [1.165, 1.54) is 25.1 Å². The van der Waals surface area contributed by atoms with Crippen molar-refractivity contribution in [1.29, 1.82) is 0 Å². The van der Waals surface area contributed by atoms with Crippen molar-refractivity contribution in [2.75, 3.05) is 16.9 Å². The number of benzene rings is 2. The summed E-state index contributed by atoms with van der Waals surface area (Å²) in [7, 11) is -3.49. The Kier molecular flexibility index (Phi) is 6.52. The van der Waals surface area contributed by atoms with E-state index < -0.39 is 21.7 Å². The monoisotopic (exact) mass is 535 g/mol. The van der Waals surface area contributed by atoms with Gasteiger partial charge < -0.3 is 10.6 Å². The molecule has 0 bridgehead atoms. The highest BCUT2D eigenvalue weighted by atomic mass is 127. The molecular weight excluding hydrogens is 517 g/mol. The molecule has 0 unspecified atom stereocenters. The summed E-state index contributed by atoms with van der Waals surface area (Å²) in [4.78, 5) is 28.8. The lowest BCUT2D eigenvalue weighted by Gasteiger charge is -2.13. The van der Waals surface area contributed by atoms with Crippen molar-refractivity contribution in [2.24, 2.45) is 0 Å². The van der Waals surface area contributed by atoms with Gasteiger partial charge in [-0.3, -0.25) is 14.6 Å². The van der Waals surface area contributed by atoms with Crippen LogP contribution in [0.25, 0.3) is 11.3 Å². The Hall–Kier alpha value is -2.79. The number of rotatable bonds is 5. The van der Waals surface area contributed by atoms with Crippen LogP contribution in [0.15, 0.2) is 65.7 Å². The normalized spacial score (nSPS) is 11.0. The fraction of sp³-hybridized carbons (Fsp3) is 0.0952. The summed E-state index contributed by atoms with van der Waals surface area (Å²) in [6.07, 6.45) is 2.75. The number of pyridine rings is 1. The first-order chi connectivity index (χ1) is 14.1. The van der Waals surface area contributed by atoms with E-state index in [9.17, 15) is 18.0 Å². The molecule has 154 valence electrons. The molecule has 9 heteroatoms. The van der Waals surface area contributed by atoms with Crippen molar-refractivity contribution >= 4 is 55.6 Å². The van der Waals surface area contributed by atoms with Crippen LogP contribution in [-0.2, 0) is 14.6 Å². The second kappa shape index (κ2) is 8.92. The van der Waals surface area contributed by atoms with Gasteiger partial charge in [0.25, 0.3) is 5.91 Å². The molecular formula is C21H18IN3O4S. The molecule has 7 nitrogen and oxygen atoms in total. The summed E-state index contributed by atoms with van der Waals surface area (Å²) >= 11 is 2.20. The van der Waals surface area contributed by atoms with Gasteiger partial charge in [-0.2, -0.15) is 0 Å². The molecule has 2 amide bonds. The van der Waals surface area contributed by atoms with Crippen molar-refractivity contribution in [1.82, 2.24) is 4.98 Å². The number of carbonyl (C=O) groups excluding carboxylic acids is 2. The molecule has 1 aromatic heterocycles. The molecule has 0 fully saturated rings. The highest BCUT2D eigenvalue weighted by Crippen LogP contribution is 2.28. The van der Waals surface area contributed by atoms with Gasteiger partial charge in [0.2, 0.25) is 5.91 Å². The minimum atomic E-state index is -3.49. The van der Waals surface area contributed by atoms with Crippen LogP contribution in [0.1, 0.15) is 17.3 Å². The smallest absolute Gasteiger partial charge is 0.257 e. The Labute approximate surface area is 188 Å². The lowest BCUT2D eigenvalue weighted by Crippen LogP contribution is -2.17. The molecule has 2 aromatic carbocycles. The van der Waals surface area contributed by atoms with Crippen LogP contribution in [0, 0.1) is 3.57 Å². The second-order valence-corrected chi connectivity index (χ2v) is 9.70. The number of hydrogen-bond donors (Lipinski definition) is 2. The van der Waals surface area contributed by atoms with Crippen LogP contribution in [-0.4, -0.2) is 31.5 Å². The molecule has 0 atom stereocenters. The Morgan fingerprint density at radius 2 is 1.77 bits per heavy atom.